The summed E-state index contributed by atoms with van der Waals surface area (Å²) in [5.41, 5.74) is 8.03. The van der Waals surface area contributed by atoms with E-state index in [1.54, 1.807) is 0 Å². The second-order valence-electron chi connectivity index (χ2n) is 4.32. The van der Waals surface area contributed by atoms with Crippen LogP contribution in [0.2, 0.25) is 0 Å². The van der Waals surface area contributed by atoms with Crippen molar-refractivity contribution >= 4 is 5.95 Å². The lowest BCUT2D eigenvalue weighted by Crippen LogP contribution is -2.18. The molecule has 2 rings (SSSR count). The molecule has 4 nitrogen and oxygen atoms in total. The minimum Gasteiger partial charge on any atom is -0.353 e. The molecule has 1 aromatic rings. The molecule has 0 amide bonds. The van der Waals surface area contributed by atoms with Crippen LogP contribution in [0.25, 0.3) is 0 Å². The molecule has 4 heteroatoms. The summed E-state index contributed by atoms with van der Waals surface area (Å²) in [6.07, 6.45) is 6.80. The zero-order valence-corrected chi connectivity index (χ0v) is 9.87. The lowest BCUT2D eigenvalue weighted by molar-refractivity contribution is 0.523. The van der Waals surface area contributed by atoms with Crippen molar-refractivity contribution < 1.29 is 0 Å². The van der Waals surface area contributed by atoms with Gasteiger partial charge in [0.15, 0.2) is 0 Å². The highest BCUT2D eigenvalue weighted by Gasteiger charge is 2.20. The quantitative estimate of drug-likeness (QED) is 0.810. The molecule has 0 bridgehead atoms. The van der Waals surface area contributed by atoms with Gasteiger partial charge in [-0.1, -0.05) is 6.92 Å². The number of anilines is 1. The Hall–Kier alpha value is -1.16. The normalized spacial score (nSPS) is 19.2. The third-order valence-corrected chi connectivity index (χ3v) is 3.20. The molecular weight excluding hydrogens is 200 g/mol. The zero-order valence-electron chi connectivity index (χ0n) is 9.87. The highest BCUT2D eigenvalue weighted by Crippen LogP contribution is 2.32. The number of aryl methyl sites for hydroxylation is 1. The largest absolute Gasteiger partial charge is 0.353 e. The van der Waals surface area contributed by atoms with Crippen LogP contribution in [0, 0.1) is 0 Å². The second-order valence-corrected chi connectivity index (χ2v) is 4.32. The van der Waals surface area contributed by atoms with Crippen LogP contribution >= 0.6 is 0 Å². The van der Waals surface area contributed by atoms with Crippen LogP contribution < -0.4 is 11.1 Å². The molecule has 0 spiro atoms. The smallest absolute Gasteiger partial charge is 0.222 e. The van der Waals surface area contributed by atoms with E-state index in [1.807, 2.05) is 6.20 Å². The molecule has 0 aliphatic heterocycles. The summed E-state index contributed by atoms with van der Waals surface area (Å²) >= 11 is 0. The number of aromatic nitrogens is 2. The maximum absolute atomic E-state index is 5.45. The molecule has 1 unspecified atom stereocenters. The maximum atomic E-state index is 5.45. The number of nitrogens with one attached hydrogen (secondary N) is 1. The van der Waals surface area contributed by atoms with Crippen LogP contribution in [0.3, 0.4) is 0 Å². The predicted octanol–water partition coefficient (Wildman–Crippen LogP) is 1.68. The number of hydrogen-bond donors (Lipinski definition) is 2. The fraction of sp³-hybridized carbons (Fsp3) is 0.667. The summed E-state index contributed by atoms with van der Waals surface area (Å²) in [4.78, 5) is 8.95. The highest BCUT2D eigenvalue weighted by atomic mass is 15.1. The zero-order chi connectivity index (χ0) is 11.4. The first kappa shape index (κ1) is 11.3. The Labute approximate surface area is 96.7 Å². The van der Waals surface area contributed by atoms with Crippen LogP contribution in [-0.2, 0) is 6.42 Å². The van der Waals surface area contributed by atoms with E-state index >= 15 is 0 Å². The molecule has 0 aromatic carbocycles. The van der Waals surface area contributed by atoms with Crippen molar-refractivity contribution in [2.75, 3.05) is 18.4 Å². The van der Waals surface area contributed by atoms with Gasteiger partial charge in [0.2, 0.25) is 5.95 Å². The lowest BCUT2D eigenvalue weighted by atomic mass is 9.86. The lowest BCUT2D eigenvalue weighted by Gasteiger charge is -2.23. The van der Waals surface area contributed by atoms with Gasteiger partial charge in [0.1, 0.15) is 0 Å². The van der Waals surface area contributed by atoms with E-state index in [0.29, 0.717) is 12.5 Å². The first-order valence-corrected chi connectivity index (χ1v) is 6.15. The van der Waals surface area contributed by atoms with Gasteiger partial charge in [0.05, 0.1) is 5.69 Å². The Morgan fingerprint density at radius 1 is 1.56 bits per heavy atom. The minimum atomic E-state index is 0.609. The Morgan fingerprint density at radius 2 is 2.44 bits per heavy atom. The summed E-state index contributed by atoms with van der Waals surface area (Å²) in [5.74, 6) is 1.34. The summed E-state index contributed by atoms with van der Waals surface area (Å²) in [6, 6.07) is 0. The molecule has 1 heterocycles. The van der Waals surface area contributed by atoms with E-state index in [4.69, 9.17) is 5.73 Å². The van der Waals surface area contributed by atoms with Gasteiger partial charge in [-0.3, -0.25) is 0 Å². The van der Waals surface area contributed by atoms with Crippen molar-refractivity contribution in [2.45, 2.75) is 38.5 Å². The summed E-state index contributed by atoms with van der Waals surface area (Å²) in [5, 5.41) is 3.14. The summed E-state index contributed by atoms with van der Waals surface area (Å²) in [6.45, 7) is 3.57. The van der Waals surface area contributed by atoms with Crippen molar-refractivity contribution in [1.29, 1.82) is 0 Å². The molecule has 3 N–H and O–H groups in total. The fourth-order valence-electron chi connectivity index (χ4n) is 2.31. The molecule has 1 aliphatic rings. The van der Waals surface area contributed by atoms with E-state index in [1.165, 1.54) is 30.5 Å². The first-order chi connectivity index (χ1) is 7.85. The Bertz CT molecular complexity index is 351. The van der Waals surface area contributed by atoms with Crippen molar-refractivity contribution in [1.82, 2.24) is 9.97 Å². The van der Waals surface area contributed by atoms with Crippen molar-refractivity contribution in [3.8, 4) is 0 Å². The van der Waals surface area contributed by atoms with Crippen LogP contribution in [0.5, 0.6) is 0 Å². The molecule has 1 aromatic heterocycles. The Balaban J connectivity index is 2.20. The SMILES string of the molecule is CCC1CCCc2cnc(NCCN)nc21. The van der Waals surface area contributed by atoms with Gasteiger partial charge in [-0.05, 0) is 31.2 Å². The number of hydrogen-bond acceptors (Lipinski definition) is 4. The van der Waals surface area contributed by atoms with Crippen LogP contribution in [0.4, 0.5) is 5.95 Å². The number of nitrogens with two attached hydrogens (primary N) is 1. The van der Waals surface area contributed by atoms with Crippen LogP contribution in [0.15, 0.2) is 6.20 Å². The van der Waals surface area contributed by atoms with Crippen LogP contribution in [0.1, 0.15) is 43.4 Å². The van der Waals surface area contributed by atoms with E-state index in [-0.39, 0.29) is 0 Å². The number of rotatable bonds is 4. The van der Waals surface area contributed by atoms with Gasteiger partial charge in [-0.2, -0.15) is 0 Å². The number of nitrogens with zero attached hydrogens (tertiary/aromatic N) is 2. The second kappa shape index (κ2) is 5.25. The van der Waals surface area contributed by atoms with E-state index < -0.39 is 0 Å². The first-order valence-electron chi connectivity index (χ1n) is 6.15. The molecule has 0 radical (unpaired) electrons. The number of fused-ring (bicyclic) bond motifs is 1. The molecular formula is C12H20N4. The average molecular weight is 220 g/mol. The monoisotopic (exact) mass is 220 g/mol. The molecule has 0 saturated heterocycles. The molecule has 0 saturated carbocycles. The van der Waals surface area contributed by atoms with Gasteiger partial charge in [-0.15, -0.1) is 0 Å². The molecule has 0 fully saturated rings. The van der Waals surface area contributed by atoms with Gasteiger partial charge >= 0.3 is 0 Å². The Morgan fingerprint density at radius 3 is 3.19 bits per heavy atom. The van der Waals surface area contributed by atoms with E-state index in [0.717, 1.165) is 18.9 Å². The van der Waals surface area contributed by atoms with Gasteiger partial charge < -0.3 is 11.1 Å². The van der Waals surface area contributed by atoms with Gasteiger partial charge in [0.25, 0.3) is 0 Å². The third-order valence-electron chi connectivity index (χ3n) is 3.20. The standard InChI is InChI=1S/C12H20N4/c1-2-9-4-3-5-10-8-15-12(14-7-6-13)16-11(9)10/h8-9H,2-7,13H2,1H3,(H,14,15,16). The van der Waals surface area contributed by atoms with Crippen molar-refractivity contribution in [2.24, 2.45) is 5.73 Å². The van der Waals surface area contributed by atoms with E-state index in [9.17, 15) is 0 Å². The summed E-state index contributed by atoms with van der Waals surface area (Å²) < 4.78 is 0. The Kier molecular flexibility index (Phi) is 3.72. The van der Waals surface area contributed by atoms with E-state index in [2.05, 4.69) is 22.2 Å². The predicted molar refractivity (Wildman–Crippen MR) is 65.5 cm³/mol. The average Bonchev–Trinajstić information content (AvgIpc) is 2.35. The third kappa shape index (κ3) is 2.32. The molecule has 1 atom stereocenters. The molecule has 88 valence electrons. The van der Waals surface area contributed by atoms with Crippen molar-refractivity contribution in [3.63, 3.8) is 0 Å². The topological polar surface area (TPSA) is 63.8 Å². The van der Waals surface area contributed by atoms with Gasteiger partial charge in [-0.25, -0.2) is 9.97 Å². The van der Waals surface area contributed by atoms with Crippen LogP contribution in [-0.4, -0.2) is 23.1 Å². The van der Waals surface area contributed by atoms with Crippen molar-refractivity contribution in [3.05, 3.63) is 17.5 Å². The fourth-order valence-corrected chi connectivity index (χ4v) is 2.31. The summed E-state index contributed by atoms with van der Waals surface area (Å²) in [7, 11) is 0. The highest BCUT2D eigenvalue weighted by molar-refractivity contribution is 5.32. The van der Waals surface area contributed by atoms with Gasteiger partial charge in [0, 0.05) is 25.2 Å². The maximum Gasteiger partial charge on any atom is 0.222 e. The molecule has 16 heavy (non-hydrogen) atoms. The minimum absolute atomic E-state index is 0.609. The molecule has 1 aliphatic carbocycles.